The SMILES string of the molecule is O=C(N[C@H](CO)Cc1cccc(O)c1)OCC1c2ccccc2-c2ccccc21. The summed E-state index contributed by atoms with van der Waals surface area (Å²) in [6.45, 7) is 0.00395. The van der Waals surface area contributed by atoms with Crippen LogP contribution in [0, 0.1) is 0 Å². The molecule has 0 spiro atoms. The first-order valence-electron chi connectivity index (χ1n) is 9.66. The number of phenolic OH excluding ortho intramolecular Hbond substituents is 1. The van der Waals surface area contributed by atoms with Crippen LogP contribution in [0.15, 0.2) is 72.8 Å². The quantitative estimate of drug-likeness (QED) is 0.599. The average molecular weight is 389 g/mol. The summed E-state index contributed by atoms with van der Waals surface area (Å²) in [6, 6.07) is 22.6. The Morgan fingerprint density at radius 2 is 1.62 bits per heavy atom. The predicted molar refractivity (Wildman–Crippen MR) is 111 cm³/mol. The number of benzene rings is 3. The average Bonchev–Trinajstić information content (AvgIpc) is 3.06. The number of aromatic hydroxyl groups is 1. The first-order valence-corrected chi connectivity index (χ1v) is 9.66. The molecule has 1 aliphatic carbocycles. The maximum Gasteiger partial charge on any atom is 0.407 e. The summed E-state index contributed by atoms with van der Waals surface area (Å²) in [5.74, 6) is 0.145. The summed E-state index contributed by atoms with van der Waals surface area (Å²) in [6.07, 6.45) is -0.166. The van der Waals surface area contributed by atoms with E-state index >= 15 is 0 Å². The van der Waals surface area contributed by atoms with Gasteiger partial charge in [0.15, 0.2) is 0 Å². The molecule has 0 aromatic heterocycles. The number of ether oxygens (including phenoxy) is 1. The van der Waals surface area contributed by atoms with Crippen molar-refractivity contribution in [3.05, 3.63) is 89.5 Å². The topological polar surface area (TPSA) is 78.8 Å². The molecule has 4 rings (SSSR count). The monoisotopic (exact) mass is 389 g/mol. The second kappa shape index (κ2) is 8.37. The van der Waals surface area contributed by atoms with Crippen LogP contribution in [0.4, 0.5) is 4.79 Å². The van der Waals surface area contributed by atoms with E-state index in [1.807, 2.05) is 30.3 Å². The molecule has 5 heteroatoms. The molecule has 1 atom stereocenters. The highest BCUT2D eigenvalue weighted by Gasteiger charge is 2.29. The number of aliphatic hydroxyl groups excluding tert-OH is 1. The summed E-state index contributed by atoms with van der Waals surface area (Å²) in [4.78, 5) is 12.4. The lowest BCUT2D eigenvalue weighted by Crippen LogP contribution is -2.39. The van der Waals surface area contributed by atoms with Gasteiger partial charge in [-0.1, -0.05) is 60.7 Å². The van der Waals surface area contributed by atoms with Crippen LogP contribution in [0.2, 0.25) is 0 Å². The standard InChI is InChI=1S/C24H23NO4/c26-14-17(12-16-6-5-7-18(27)13-16)25-24(28)29-15-23-21-10-3-1-8-19(21)20-9-2-4-11-22(20)23/h1-11,13,17,23,26-27H,12,14-15H2,(H,25,28)/t17-/m0/s1. The van der Waals surface area contributed by atoms with Gasteiger partial charge in [0, 0.05) is 5.92 Å². The van der Waals surface area contributed by atoms with Crippen molar-refractivity contribution in [2.75, 3.05) is 13.2 Å². The molecule has 1 amide bonds. The number of carbonyl (C=O) groups is 1. The van der Waals surface area contributed by atoms with Gasteiger partial charge in [0.05, 0.1) is 12.6 Å². The highest BCUT2D eigenvalue weighted by molar-refractivity contribution is 5.79. The van der Waals surface area contributed by atoms with Crippen LogP contribution < -0.4 is 5.32 Å². The Morgan fingerprint density at radius 3 is 2.24 bits per heavy atom. The van der Waals surface area contributed by atoms with Crippen LogP contribution in [-0.2, 0) is 11.2 Å². The third kappa shape index (κ3) is 4.10. The summed E-state index contributed by atoms with van der Waals surface area (Å²) in [7, 11) is 0. The molecular formula is C24H23NO4. The number of hydrogen-bond donors (Lipinski definition) is 3. The molecule has 0 fully saturated rings. The summed E-state index contributed by atoms with van der Waals surface area (Å²) < 4.78 is 5.52. The number of phenols is 1. The fourth-order valence-corrected chi connectivity index (χ4v) is 3.94. The van der Waals surface area contributed by atoms with Crippen molar-refractivity contribution in [2.45, 2.75) is 18.4 Å². The maximum atomic E-state index is 12.4. The minimum Gasteiger partial charge on any atom is -0.508 e. The van der Waals surface area contributed by atoms with E-state index < -0.39 is 12.1 Å². The lowest BCUT2D eigenvalue weighted by molar-refractivity contribution is 0.132. The molecule has 5 nitrogen and oxygen atoms in total. The van der Waals surface area contributed by atoms with Crippen LogP contribution in [-0.4, -0.2) is 35.6 Å². The largest absolute Gasteiger partial charge is 0.508 e. The van der Waals surface area contributed by atoms with E-state index in [9.17, 15) is 15.0 Å². The second-order valence-corrected chi connectivity index (χ2v) is 7.22. The molecule has 29 heavy (non-hydrogen) atoms. The van der Waals surface area contributed by atoms with E-state index in [2.05, 4.69) is 29.6 Å². The fraction of sp³-hybridized carbons (Fsp3) is 0.208. The number of nitrogens with one attached hydrogen (secondary N) is 1. The van der Waals surface area contributed by atoms with Gasteiger partial charge in [-0.3, -0.25) is 0 Å². The maximum absolute atomic E-state index is 12.4. The lowest BCUT2D eigenvalue weighted by Gasteiger charge is -2.18. The zero-order valence-corrected chi connectivity index (χ0v) is 15.9. The van der Waals surface area contributed by atoms with Crippen molar-refractivity contribution in [1.82, 2.24) is 5.32 Å². The number of alkyl carbamates (subject to hydrolysis) is 1. The van der Waals surface area contributed by atoms with E-state index in [1.165, 1.54) is 11.1 Å². The smallest absolute Gasteiger partial charge is 0.407 e. The van der Waals surface area contributed by atoms with E-state index in [1.54, 1.807) is 18.2 Å². The first kappa shape index (κ1) is 19.0. The van der Waals surface area contributed by atoms with Crippen molar-refractivity contribution in [1.29, 1.82) is 0 Å². The van der Waals surface area contributed by atoms with Gasteiger partial charge in [0.25, 0.3) is 0 Å². The fourth-order valence-electron chi connectivity index (χ4n) is 3.94. The van der Waals surface area contributed by atoms with E-state index in [0.717, 1.165) is 16.7 Å². The van der Waals surface area contributed by atoms with E-state index in [-0.39, 0.29) is 24.9 Å². The molecular weight excluding hydrogens is 366 g/mol. The number of carbonyl (C=O) groups excluding carboxylic acids is 1. The molecule has 0 radical (unpaired) electrons. The summed E-state index contributed by atoms with van der Waals surface area (Å²) in [5.41, 5.74) is 5.48. The molecule has 1 aliphatic rings. The normalized spacial score (nSPS) is 13.4. The van der Waals surface area contributed by atoms with Crippen molar-refractivity contribution >= 4 is 6.09 Å². The van der Waals surface area contributed by atoms with Gasteiger partial charge in [-0.25, -0.2) is 4.79 Å². The molecule has 0 aliphatic heterocycles. The minimum atomic E-state index is -0.564. The highest BCUT2D eigenvalue weighted by Crippen LogP contribution is 2.44. The Balaban J connectivity index is 1.40. The Morgan fingerprint density at radius 1 is 0.966 bits per heavy atom. The van der Waals surface area contributed by atoms with Gasteiger partial charge in [-0.15, -0.1) is 0 Å². The third-order valence-corrected chi connectivity index (χ3v) is 5.28. The molecule has 3 N–H and O–H groups in total. The van der Waals surface area contributed by atoms with Gasteiger partial charge in [-0.2, -0.15) is 0 Å². The van der Waals surface area contributed by atoms with Crippen molar-refractivity contribution in [3.63, 3.8) is 0 Å². The Hall–Kier alpha value is -3.31. The number of amides is 1. The van der Waals surface area contributed by atoms with Crippen LogP contribution in [0.25, 0.3) is 11.1 Å². The molecule has 3 aromatic rings. The zero-order valence-electron chi connectivity index (χ0n) is 15.9. The molecule has 0 saturated heterocycles. The zero-order chi connectivity index (χ0) is 20.2. The van der Waals surface area contributed by atoms with E-state index in [4.69, 9.17) is 4.74 Å². The highest BCUT2D eigenvalue weighted by atomic mass is 16.5. The number of rotatable bonds is 6. The molecule has 148 valence electrons. The van der Waals surface area contributed by atoms with Gasteiger partial charge in [0.1, 0.15) is 12.4 Å². The molecule has 0 heterocycles. The van der Waals surface area contributed by atoms with Crippen LogP contribution in [0.3, 0.4) is 0 Å². The van der Waals surface area contributed by atoms with Crippen molar-refractivity contribution < 1.29 is 19.7 Å². The van der Waals surface area contributed by atoms with Crippen molar-refractivity contribution in [2.24, 2.45) is 0 Å². The van der Waals surface area contributed by atoms with Crippen molar-refractivity contribution in [3.8, 4) is 16.9 Å². The molecule has 0 saturated carbocycles. The lowest BCUT2D eigenvalue weighted by atomic mass is 9.98. The molecule has 0 unspecified atom stereocenters. The number of aliphatic hydroxyl groups is 1. The van der Waals surface area contributed by atoms with Crippen LogP contribution >= 0.6 is 0 Å². The Kier molecular flexibility index (Phi) is 5.49. The summed E-state index contributed by atoms with van der Waals surface area (Å²) >= 11 is 0. The minimum absolute atomic E-state index is 0.00760. The van der Waals surface area contributed by atoms with E-state index in [0.29, 0.717) is 6.42 Å². The number of fused-ring (bicyclic) bond motifs is 3. The molecule has 0 bridgehead atoms. The predicted octanol–water partition coefficient (Wildman–Crippen LogP) is 3.83. The van der Waals surface area contributed by atoms with Gasteiger partial charge in [0.2, 0.25) is 0 Å². The third-order valence-electron chi connectivity index (χ3n) is 5.28. The Labute approximate surface area is 169 Å². The van der Waals surface area contributed by atoms with Gasteiger partial charge < -0.3 is 20.3 Å². The Bertz CT molecular complexity index is 972. The number of hydrogen-bond acceptors (Lipinski definition) is 4. The van der Waals surface area contributed by atoms with Gasteiger partial charge >= 0.3 is 6.09 Å². The van der Waals surface area contributed by atoms with Crippen LogP contribution in [0.5, 0.6) is 5.75 Å². The van der Waals surface area contributed by atoms with Gasteiger partial charge in [-0.05, 0) is 46.4 Å². The summed E-state index contributed by atoms with van der Waals surface area (Å²) in [5, 5.41) is 21.9. The second-order valence-electron chi connectivity index (χ2n) is 7.22. The first-order chi connectivity index (χ1) is 14.2. The van der Waals surface area contributed by atoms with Crippen LogP contribution in [0.1, 0.15) is 22.6 Å². The molecule has 3 aromatic carbocycles.